The average Bonchev–Trinajstić information content (AvgIpc) is 2.68. The molecule has 0 saturated carbocycles. The largest absolute Gasteiger partial charge is 0.324 e. The standard InChI is InChI=1S/C24H22N2/c1-17-14-19-10-5-6-13-22(19)24(26-17)21-12-7-11-20(16-21)23(25)15-18-8-3-2-4-9-18/h2-14,16,23H,15,25H2,1H3. The minimum Gasteiger partial charge on any atom is -0.324 e. The van der Waals surface area contributed by atoms with E-state index in [0.717, 1.165) is 28.9 Å². The smallest absolute Gasteiger partial charge is 0.0783 e. The van der Waals surface area contributed by atoms with Gasteiger partial charge in [-0.3, -0.25) is 4.98 Å². The topological polar surface area (TPSA) is 38.9 Å². The van der Waals surface area contributed by atoms with E-state index in [1.165, 1.54) is 16.3 Å². The van der Waals surface area contributed by atoms with E-state index >= 15 is 0 Å². The van der Waals surface area contributed by atoms with Crippen LogP contribution >= 0.6 is 0 Å². The molecular weight excluding hydrogens is 316 g/mol. The lowest BCUT2D eigenvalue weighted by Crippen LogP contribution is -2.13. The zero-order valence-electron chi connectivity index (χ0n) is 14.9. The zero-order chi connectivity index (χ0) is 17.9. The second-order valence-corrected chi connectivity index (χ2v) is 6.76. The quantitative estimate of drug-likeness (QED) is 0.537. The van der Waals surface area contributed by atoms with E-state index in [0.29, 0.717) is 0 Å². The second-order valence-electron chi connectivity index (χ2n) is 6.76. The maximum atomic E-state index is 6.50. The van der Waals surface area contributed by atoms with E-state index < -0.39 is 0 Å². The van der Waals surface area contributed by atoms with Gasteiger partial charge >= 0.3 is 0 Å². The molecule has 0 aliphatic carbocycles. The fourth-order valence-corrected chi connectivity index (χ4v) is 3.45. The molecule has 0 radical (unpaired) electrons. The predicted octanol–water partition coefficient (Wildman–Crippen LogP) is 5.45. The van der Waals surface area contributed by atoms with E-state index in [1.54, 1.807) is 0 Å². The molecule has 4 rings (SSSR count). The number of hydrogen-bond acceptors (Lipinski definition) is 2. The summed E-state index contributed by atoms with van der Waals surface area (Å²) in [6, 6.07) is 29.4. The van der Waals surface area contributed by atoms with Crippen molar-refractivity contribution >= 4 is 10.8 Å². The van der Waals surface area contributed by atoms with Crippen LogP contribution in [0.5, 0.6) is 0 Å². The molecule has 0 aliphatic rings. The van der Waals surface area contributed by atoms with Gasteiger partial charge in [0.05, 0.1) is 5.69 Å². The minimum atomic E-state index is -0.0339. The van der Waals surface area contributed by atoms with Crippen molar-refractivity contribution in [1.82, 2.24) is 4.98 Å². The van der Waals surface area contributed by atoms with Crippen molar-refractivity contribution in [3.05, 3.63) is 102 Å². The average molecular weight is 338 g/mol. The minimum absolute atomic E-state index is 0.0339. The Balaban J connectivity index is 1.72. The molecule has 0 bridgehead atoms. The summed E-state index contributed by atoms with van der Waals surface area (Å²) in [6.45, 7) is 2.04. The van der Waals surface area contributed by atoms with Crippen molar-refractivity contribution < 1.29 is 0 Å². The molecule has 2 nitrogen and oxygen atoms in total. The van der Waals surface area contributed by atoms with Crippen LogP contribution in [-0.2, 0) is 6.42 Å². The van der Waals surface area contributed by atoms with Crippen LogP contribution in [0.25, 0.3) is 22.0 Å². The van der Waals surface area contributed by atoms with E-state index in [2.05, 4.69) is 78.9 Å². The Kier molecular flexibility index (Phi) is 4.51. The summed E-state index contributed by atoms with van der Waals surface area (Å²) in [4.78, 5) is 4.82. The van der Waals surface area contributed by atoms with Gasteiger partial charge in [0.1, 0.15) is 0 Å². The molecule has 0 saturated heterocycles. The van der Waals surface area contributed by atoms with Gasteiger partial charge in [-0.05, 0) is 42.0 Å². The Morgan fingerprint density at radius 3 is 2.46 bits per heavy atom. The molecular formula is C24H22N2. The molecule has 1 heterocycles. The van der Waals surface area contributed by atoms with Crippen LogP contribution in [0.4, 0.5) is 0 Å². The SMILES string of the molecule is Cc1cc2ccccc2c(-c2cccc(C(N)Cc3ccccc3)c2)n1. The molecule has 0 spiro atoms. The fourth-order valence-electron chi connectivity index (χ4n) is 3.45. The molecule has 26 heavy (non-hydrogen) atoms. The molecule has 1 unspecified atom stereocenters. The molecule has 4 aromatic rings. The van der Waals surface area contributed by atoms with Crippen LogP contribution in [0.15, 0.2) is 84.9 Å². The van der Waals surface area contributed by atoms with Crippen LogP contribution in [0.1, 0.15) is 22.9 Å². The number of benzene rings is 3. The highest BCUT2D eigenvalue weighted by atomic mass is 14.7. The predicted molar refractivity (Wildman–Crippen MR) is 109 cm³/mol. The van der Waals surface area contributed by atoms with Crippen LogP contribution in [0.2, 0.25) is 0 Å². The van der Waals surface area contributed by atoms with Crippen molar-refractivity contribution in [2.45, 2.75) is 19.4 Å². The third kappa shape index (κ3) is 3.37. The van der Waals surface area contributed by atoms with Gasteiger partial charge in [-0.1, -0.05) is 72.8 Å². The highest BCUT2D eigenvalue weighted by Crippen LogP contribution is 2.29. The van der Waals surface area contributed by atoms with Crippen LogP contribution in [0, 0.1) is 6.92 Å². The van der Waals surface area contributed by atoms with E-state index in [9.17, 15) is 0 Å². The fraction of sp³-hybridized carbons (Fsp3) is 0.125. The first-order valence-corrected chi connectivity index (χ1v) is 8.97. The number of fused-ring (bicyclic) bond motifs is 1. The van der Waals surface area contributed by atoms with Gasteiger partial charge in [-0.15, -0.1) is 0 Å². The summed E-state index contributed by atoms with van der Waals surface area (Å²) in [5.74, 6) is 0. The second kappa shape index (κ2) is 7.11. The normalized spacial score (nSPS) is 12.2. The van der Waals surface area contributed by atoms with Crippen molar-refractivity contribution in [2.24, 2.45) is 5.73 Å². The first-order chi connectivity index (χ1) is 12.7. The van der Waals surface area contributed by atoms with E-state index in [1.807, 2.05) is 13.0 Å². The van der Waals surface area contributed by atoms with Crippen LogP contribution in [-0.4, -0.2) is 4.98 Å². The lowest BCUT2D eigenvalue weighted by Gasteiger charge is -2.14. The summed E-state index contributed by atoms with van der Waals surface area (Å²) in [5, 5.41) is 2.39. The summed E-state index contributed by atoms with van der Waals surface area (Å²) in [6.07, 6.45) is 0.826. The molecule has 0 aliphatic heterocycles. The summed E-state index contributed by atoms with van der Waals surface area (Å²) in [5.41, 5.74) is 12.1. The number of aryl methyl sites for hydroxylation is 1. The number of pyridine rings is 1. The van der Waals surface area contributed by atoms with Gasteiger partial charge in [0, 0.05) is 22.7 Å². The number of hydrogen-bond donors (Lipinski definition) is 1. The summed E-state index contributed by atoms with van der Waals surface area (Å²) >= 11 is 0. The van der Waals surface area contributed by atoms with E-state index in [-0.39, 0.29) is 6.04 Å². The first-order valence-electron chi connectivity index (χ1n) is 8.97. The Morgan fingerprint density at radius 1 is 0.846 bits per heavy atom. The molecule has 2 N–H and O–H groups in total. The highest BCUT2D eigenvalue weighted by Gasteiger charge is 2.11. The Labute approximate surface area is 154 Å². The van der Waals surface area contributed by atoms with Crippen molar-refractivity contribution in [3.63, 3.8) is 0 Å². The molecule has 1 atom stereocenters. The van der Waals surface area contributed by atoms with Crippen LogP contribution < -0.4 is 5.73 Å². The molecule has 3 aromatic carbocycles. The van der Waals surface area contributed by atoms with E-state index in [4.69, 9.17) is 10.7 Å². The van der Waals surface area contributed by atoms with Gasteiger partial charge in [-0.2, -0.15) is 0 Å². The highest BCUT2D eigenvalue weighted by molar-refractivity contribution is 5.94. The van der Waals surface area contributed by atoms with Gasteiger partial charge in [-0.25, -0.2) is 0 Å². The van der Waals surface area contributed by atoms with Gasteiger partial charge in [0.15, 0.2) is 0 Å². The molecule has 128 valence electrons. The summed E-state index contributed by atoms with van der Waals surface area (Å²) in [7, 11) is 0. The van der Waals surface area contributed by atoms with Crippen molar-refractivity contribution in [2.75, 3.05) is 0 Å². The Bertz CT molecular complexity index is 1040. The van der Waals surface area contributed by atoms with Crippen molar-refractivity contribution in [1.29, 1.82) is 0 Å². The van der Waals surface area contributed by atoms with Gasteiger partial charge in [0.25, 0.3) is 0 Å². The Hall–Kier alpha value is -2.97. The number of rotatable bonds is 4. The van der Waals surface area contributed by atoms with Crippen LogP contribution in [0.3, 0.4) is 0 Å². The van der Waals surface area contributed by atoms with Gasteiger partial charge in [0.2, 0.25) is 0 Å². The maximum Gasteiger partial charge on any atom is 0.0783 e. The summed E-state index contributed by atoms with van der Waals surface area (Å²) < 4.78 is 0. The number of nitrogens with zero attached hydrogens (tertiary/aromatic N) is 1. The molecule has 0 amide bonds. The third-order valence-corrected chi connectivity index (χ3v) is 4.76. The van der Waals surface area contributed by atoms with Crippen molar-refractivity contribution in [3.8, 4) is 11.3 Å². The lowest BCUT2D eigenvalue weighted by molar-refractivity contribution is 0.722. The monoisotopic (exact) mass is 338 g/mol. The Morgan fingerprint density at radius 2 is 1.62 bits per heavy atom. The maximum absolute atomic E-state index is 6.50. The van der Waals surface area contributed by atoms with Gasteiger partial charge < -0.3 is 5.73 Å². The molecule has 1 aromatic heterocycles. The third-order valence-electron chi connectivity index (χ3n) is 4.76. The number of aromatic nitrogens is 1. The zero-order valence-corrected chi connectivity index (χ0v) is 14.9. The number of nitrogens with two attached hydrogens (primary N) is 1. The lowest BCUT2D eigenvalue weighted by atomic mass is 9.96. The first kappa shape index (κ1) is 16.5. The molecule has 0 fully saturated rings. The molecule has 2 heteroatoms.